The molecule has 4 aromatic rings. The first-order chi connectivity index (χ1) is 16.0. The van der Waals surface area contributed by atoms with Gasteiger partial charge in [0.15, 0.2) is 5.82 Å². The molecule has 0 bridgehead atoms. The van der Waals surface area contributed by atoms with Gasteiger partial charge in [0.05, 0.1) is 24.5 Å². The monoisotopic (exact) mass is 443 g/mol. The van der Waals surface area contributed by atoms with Gasteiger partial charge >= 0.3 is 0 Å². The van der Waals surface area contributed by atoms with Gasteiger partial charge < -0.3 is 10.0 Å². The number of aliphatic hydroxyl groups is 1. The van der Waals surface area contributed by atoms with Crippen molar-refractivity contribution in [2.45, 2.75) is 25.5 Å². The maximum absolute atomic E-state index is 11.6. The quantitative estimate of drug-likeness (QED) is 0.520. The summed E-state index contributed by atoms with van der Waals surface area (Å²) >= 11 is 0. The number of aromatic nitrogens is 6. The molecule has 4 heterocycles. The molecule has 168 valence electrons. The zero-order chi connectivity index (χ0) is 22.9. The fourth-order valence-corrected chi connectivity index (χ4v) is 4.22. The minimum absolute atomic E-state index is 0.0168. The Kier molecular flexibility index (Phi) is 5.47. The van der Waals surface area contributed by atoms with Crippen LogP contribution in [0, 0.1) is 0 Å². The lowest BCUT2D eigenvalue weighted by Crippen LogP contribution is -2.46. The van der Waals surface area contributed by atoms with Crippen LogP contribution in [0.1, 0.15) is 19.4 Å². The Morgan fingerprint density at radius 2 is 1.70 bits per heavy atom. The van der Waals surface area contributed by atoms with Crippen LogP contribution in [0.15, 0.2) is 61.4 Å². The van der Waals surface area contributed by atoms with Gasteiger partial charge in [-0.25, -0.2) is 9.97 Å². The lowest BCUT2D eigenvalue weighted by atomic mass is 10.0. The normalized spacial score (nSPS) is 18.5. The van der Waals surface area contributed by atoms with E-state index in [4.69, 9.17) is 0 Å². The molecule has 9 heteroatoms. The Morgan fingerprint density at radius 1 is 0.970 bits per heavy atom. The molecule has 5 rings (SSSR count). The molecule has 1 amide bonds. The lowest BCUT2D eigenvalue weighted by molar-refractivity contribution is -0.133. The second-order valence-corrected chi connectivity index (χ2v) is 8.38. The number of carbonyl (C=O) groups excluding carboxylic acids is 1. The molecule has 9 nitrogen and oxygen atoms in total. The highest BCUT2D eigenvalue weighted by Crippen LogP contribution is 2.27. The van der Waals surface area contributed by atoms with E-state index in [2.05, 4.69) is 26.2 Å². The first-order valence-electron chi connectivity index (χ1n) is 10.9. The third kappa shape index (κ3) is 4.27. The molecule has 0 saturated carbocycles. The summed E-state index contributed by atoms with van der Waals surface area (Å²) in [6.07, 6.45) is 11.0. The van der Waals surface area contributed by atoms with Gasteiger partial charge in [0.25, 0.3) is 0 Å². The number of amides is 1. The van der Waals surface area contributed by atoms with E-state index in [0.29, 0.717) is 25.3 Å². The fraction of sp³-hybridized carbons (Fsp3) is 0.292. The maximum Gasteiger partial charge on any atom is 0.219 e. The van der Waals surface area contributed by atoms with E-state index in [1.165, 1.54) is 6.92 Å². The average molecular weight is 444 g/mol. The van der Waals surface area contributed by atoms with Crippen molar-refractivity contribution in [1.82, 2.24) is 34.4 Å². The van der Waals surface area contributed by atoms with Gasteiger partial charge in [-0.2, -0.15) is 10.2 Å². The Balaban J connectivity index is 1.33. The third-order valence-corrected chi connectivity index (χ3v) is 6.08. The number of piperidine rings is 1. The second kappa shape index (κ2) is 8.59. The van der Waals surface area contributed by atoms with Crippen LogP contribution in [0.3, 0.4) is 0 Å². The Labute approximate surface area is 191 Å². The highest BCUT2D eigenvalue weighted by molar-refractivity contribution is 5.73. The van der Waals surface area contributed by atoms with E-state index in [-0.39, 0.29) is 11.9 Å². The summed E-state index contributed by atoms with van der Waals surface area (Å²) in [5, 5.41) is 19.2. The number of likely N-dealkylation sites (tertiary alicyclic amines) is 1. The smallest absolute Gasteiger partial charge is 0.219 e. The molecule has 3 aromatic heterocycles. The number of benzene rings is 1. The summed E-state index contributed by atoms with van der Waals surface area (Å²) < 4.78 is 3.56. The predicted molar refractivity (Wildman–Crippen MR) is 123 cm³/mol. The van der Waals surface area contributed by atoms with Crippen LogP contribution >= 0.6 is 0 Å². The highest BCUT2D eigenvalue weighted by atomic mass is 16.3. The van der Waals surface area contributed by atoms with Gasteiger partial charge in [-0.1, -0.05) is 18.2 Å². The van der Waals surface area contributed by atoms with Crippen LogP contribution in [-0.2, 0) is 11.8 Å². The van der Waals surface area contributed by atoms with Crippen molar-refractivity contribution in [3.8, 4) is 33.6 Å². The van der Waals surface area contributed by atoms with E-state index in [1.54, 1.807) is 32.9 Å². The summed E-state index contributed by atoms with van der Waals surface area (Å²) in [4.78, 5) is 22.4. The van der Waals surface area contributed by atoms with Crippen molar-refractivity contribution in [2.75, 3.05) is 13.1 Å². The van der Waals surface area contributed by atoms with Crippen LogP contribution in [0.4, 0.5) is 0 Å². The predicted octanol–water partition coefficient (Wildman–Crippen LogP) is 2.56. The standard InChI is InChI=1S/C24H25N7O2/c1-16(32)30-7-6-22(23(33)15-30)31-14-21(12-28-31)19-9-25-24(26-10-19)18-5-3-4-17(8-18)20-11-27-29(2)13-20/h3-5,8-14,22-23,33H,6-7,15H2,1-2H3/t22-,23-/m1/s1. The average Bonchev–Trinajstić information content (AvgIpc) is 3.49. The van der Waals surface area contributed by atoms with Crippen molar-refractivity contribution < 1.29 is 9.90 Å². The zero-order valence-corrected chi connectivity index (χ0v) is 18.5. The molecule has 1 saturated heterocycles. The molecule has 1 fully saturated rings. The zero-order valence-electron chi connectivity index (χ0n) is 18.5. The van der Waals surface area contributed by atoms with Gasteiger partial charge in [0.2, 0.25) is 5.91 Å². The summed E-state index contributed by atoms with van der Waals surface area (Å²) in [6.45, 7) is 2.46. The van der Waals surface area contributed by atoms with Crippen molar-refractivity contribution >= 4 is 5.91 Å². The number of β-amino-alcohol motifs (C(OH)–C–C–N with tert-alkyl or cyclic N) is 1. The topological polar surface area (TPSA) is 102 Å². The van der Waals surface area contributed by atoms with Crippen LogP contribution < -0.4 is 0 Å². The number of carbonyl (C=O) groups is 1. The number of aliphatic hydroxyl groups excluding tert-OH is 1. The maximum atomic E-state index is 11.6. The molecule has 2 atom stereocenters. The van der Waals surface area contributed by atoms with Gasteiger partial charge in [-0.3, -0.25) is 14.2 Å². The molecule has 1 aliphatic heterocycles. The molecule has 33 heavy (non-hydrogen) atoms. The van der Waals surface area contributed by atoms with Gasteiger partial charge in [-0.05, 0) is 18.1 Å². The molecule has 1 aliphatic rings. The van der Waals surface area contributed by atoms with Crippen LogP contribution in [0.5, 0.6) is 0 Å². The van der Waals surface area contributed by atoms with Crippen molar-refractivity contribution in [2.24, 2.45) is 7.05 Å². The third-order valence-electron chi connectivity index (χ3n) is 6.08. The number of hydrogen-bond acceptors (Lipinski definition) is 6. The van der Waals surface area contributed by atoms with Crippen LogP contribution in [0.25, 0.3) is 33.6 Å². The molecule has 0 radical (unpaired) electrons. The largest absolute Gasteiger partial charge is 0.389 e. The molecule has 0 aliphatic carbocycles. The minimum atomic E-state index is -0.652. The summed E-state index contributed by atoms with van der Waals surface area (Å²) in [6, 6.07) is 7.91. The first kappa shape index (κ1) is 21.0. The molecular weight excluding hydrogens is 418 g/mol. The van der Waals surface area contributed by atoms with Crippen molar-refractivity contribution in [1.29, 1.82) is 0 Å². The molecular formula is C24H25N7O2. The number of nitrogens with zero attached hydrogens (tertiary/aromatic N) is 7. The van der Waals surface area contributed by atoms with Gasteiger partial charge in [0, 0.05) is 74.1 Å². The number of rotatable bonds is 4. The Hall–Kier alpha value is -3.85. The highest BCUT2D eigenvalue weighted by Gasteiger charge is 2.30. The number of aryl methyl sites for hydroxylation is 1. The Bertz CT molecular complexity index is 1280. The van der Waals surface area contributed by atoms with E-state index >= 15 is 0 Å². The van der Waals surface area contributed by atoms with Crippen molar-refractivity contribution in [3.63, 3.8) is 0 Å². The minimum Gasteiger partial charge on any atom is -0.389 e. The molecule has 0 spiro atoms. The molecule has 1 N–H and O–H groups in total. The number of hydrogen-bond donors (Lipinski definition) is 1. The van der Waals surface area contributed by atoms with Crippen LogP contribution in [-0.4, -0.2) is 64.6 Å². The molecule has 0 unspecified atom stereocenters. The van der Waals surface area contributed by atoms with E-state index in [1.807, 2.05) is 43.8 Å². The van der Waals surface area contributed by atoms with E-state index in [0.717, 1.165) is 27.8 Å². The lowest BCUT2D eigenvalue weighted by Gasteiger charge is -2.35. The summed E-state index contributed by atoms with van der Waals surface area (Å²) in [5.74, 6) is 0.626. The summed E-state index contributed by atoms with van der Waals surface area (Å²) in [5.41, 5.74) is 4.76. The SMILES string of the molecule is CC(=O)N1CC[C@@H](n2cc(-c3cnc(-c4cccc(-c5cnn(C)c5)c4)nc3)cn2)[C@H](O)C1. The van der Waals surface area contributed by atoms with Crippen LogP contribution in [0.2, 0.25) is 0 Å². The molecule has 1 aromatic carbocycles. The Morgan fingerprint density at radius 3 is 2.39 bits per heavy atom. The van der Waals surface area contributed by atoms with Crippen molar-refractivity contribution in [3.05, 3.63) is 61.4 Å². The van der Waals surface area contributed by atoms with Gasteiger partial charge in [-0.15, -0.1) is 0 Å². The van der Waals surface area contributed by atoms with E-state index < -0.39 is 6.10 Å². The first-order valence-corrected chi connectivity index (χ1v) is 10.9. The van der Waals surface area contributed by atoms with Gasteiger partial charge in [0.1, 0.15) is 0 Å². The fourth-order valence-electron chi connectivity index (χ4n) is 4.22. The second-order valence-electron chi connectivity index (χ2n) is 8.38. The van der Waals surface area contributed by atoms with E-state index in [9.17, 15) is 9.90 Å². The summed E-state index contributed by atoms with van der Waals surface area (Å²) in [7, 11) is 1.90.